The van der Waals surface area contributed by atoms with Gasteiger partial charge in [-0.25, -0.2) is 4.98 Å². The quantitative estimate of drug-likeness (QED) is 0.557. The highest BCUT2D eigenvalue weighted by Gasteiger charge is 2.35. The van der Waals surface area contributed by atoms with E-state index >= 15 is 0 Å². The maximum Gasteiger partial charge on any atom is 0.276 e. The van der Waals surface area contributed by atoms with E-state index in [9.17, 15) is 9.90 Å². The highest BCUT2D eigenvalue weighted by Crippen LogP contribution is 2.38. The number of hydrogen-bond acceptors (Lipinski definition) is 8. The number of pyridine rings is 2. The Balaban J connectivity index is 1.59. The Morgan fingerprint density at radius 3 is 2.78 bits per heavy atom. The Morgan fingerprint density at radius 1 is 1.22 bits per heavy atom. The Kier molecular flexibility index (Phi) is 6.38. The Bertz CT molecular complexity index is 1080. The van der Waals surface area contributed by atoms with Crippen LogP contribution in [0.5, 0.6) is 0 Å². The summed E-state index contributed by atoms with van der Waals surface area (Å²) in [5.74, 6) is -0.378. The normalized spacial score (nSPS) is 23.0. The summed E-state index contributed by atoms with van der Waals surface area (Å²) in [6.07, 6.45) is 6.66. The van der Waals surface area contributed by atoms with Crippen molar-refractivity contribution in [2.75, 3.05) is 11.1 Å². The number of anilines is 2. The van der Waals surface area contributed by atoms with Gasteiger partial charge in [0.25, 0.3) is 5.91 Å². The van der Waals surface area contributed by atoms with Crippen molar-refractivity contribution >= 4 is 17.3 Å². The number of carbonyl (C=O) groups is 1. The Hall–Kier alpha value is -3.43. The topological polar surface area (TPSA) is 136 Å². The Morgan fingerprint density at radius 2 is 2.06 bits per heavy atom. The van der Waals surface area contributed by atoms with Crippen LogP contribution >= 0.6 is 0 Å². The van der Waals surface area contributed by atoms with Gasteiger partial charge in [-0.3, -0.25) is 9.78 Å². The van der Waals surface area contributed by atoms with Crippen LogP contribution in [0.4, 0.5) is 11.4 Å². The van der Waals surface area contributed by atoms with Gasteiger partial charge in [0.15, 0.2) is 5.69 Å². The van der Waals surface area contributed by atoms with E-state index in [0.29, 0.717) is 17.8 Å². The average molecular weight is 435 g/mol. The predicted octanol–water partition coefficient (Wildman–Crippen LogP) is 3.01. The molecule has 0 unspecified atom stereocenters. The third kappa shape index (κ3) is 4.44. The first kappa shape index (κ1) is 21.8. The van der Waals surface area contributed by atoms with E-state index in [4.69, 9.17) is 10.5 Å². The van der Waals surface area contributed by atoms with Crippen molar-refractivity contribution in [3.8, 4) is 11.3 Å². The molecule has 0 aliphatic carbocycles. The number of nitrogens with one attached hydrogen (secondary N) is 1. The molecule has 3 aromatic heterocycles. The highest BCUT2D eigenvalue weighted by atomic mass is 16.5. The molecule has 32 heavy (non-hydrogen) atoms. The van der Waals surface area contributed by atoms with E-state index in [1.165, 1.54) is 0 Å². The number of nitrogens with zero attached hydrogens (tertiary/aromatic N) is 4. The molecule has 1 saturated heterocycles. The van der Waals surface area contributed by atoms with Gasteiger partial charge in [-0.1, -0.05) is 6.92 Å². The minimum Gasteiger partial charge on any atom is -0.397 e. The van der Waals surface area contributed by atoms with E-state index < -0.39 is 12.0 Å². The molecule has 4 atom stereocenters. The minimum atomic E-state index is -0.478. The first-order chi connectivity index (χ1) is 15.5. The van der Waals surface area contributed by atoms with Gasteiger partial charge in [0.2, 0.25) is 0 Å². The van der Waals surface area contributed by atoms with Crippen molar-refractivity contribution in [3.05, 3.63) is 60.3 Å². The first-order valence-corrected chi connectivity index (χ1v) is 10.6. The molecule has 1 amide bonds. The van der Waals surface area contributed by atoms with Gasteiger partial charge in [0.1, 0.15) is 0 Å². The Labute approximate surface area is 186 Å². The molecule has 166 valence electrons. The third-order valence-corrected chi connectivity index (χ3v) is 5.87. The molecular formula is C23H26N6O3. The number of aliphatic hydroxyl groups excluding tert-OH is 1. The monoisotopic (exact) mass is 434 g/mol. The summed E-state index contributed by atoms with van der Waals surface area (Å²) in [7, 11) is 0. The number of nitrogen functional groups attached to an aromatic ring is 1. The lowest BCUT2D eigenvalue weighted by Crippen LogP contribution is -2.39. The van der Waals surface area contributed by atoms with E-state index in [2.05, 4.69) is 25.5 Å². The third-order valence-electron chi connectivity index (χ3n) is 5.87. The van der Waals surface area contributed by atoms with Crippen molar-refractivity contribution in [2.24, 2.45) is 5.92 Å². The molecule has 9 heteroatoms. The first-order valence-electron chi connectivity index (χ1n) is 10.6. The summed E-state index contributed by atoms with van der Waals surface area (Å²) in [5.41, 5.74) is 8.92. The van der Waals surface area contributed by atoms with E-state index in [1.807, 2.05) is 13.8 Å². The molecule has 0 aromatic carbocycles. The minimum absolute atomic E-state index is 0.0838. The molecule has 1 fully saturated rings. The zero-order valence-electron chi connectivity index (χ0n) is 18.0. The van der Waals surface area contributed by atoms with Crippen LogP contribution in [0.25, 0.3) is 11.3 Å². The van der Waals surface area contributed by atoms with E-state index in [1.54, 1.807) is 49.1 Å². The molecular weight excluding hydrogens is 408 g/mol. The van der Waals surface area contributed by atoms with Crippen LogP contribution in [0.15, 0.2) is 49.1 Å². The highest BCUT2D eigenvalue weighted by molar-refractivity contribution is 6.06. The number of ether oxygens (including phenoxy) is 1. The summed E-state index contributed by atoms with van der Waals surface area (Å²) in [6, 6.07) is 6.90. The SMILES string of the molecule is CC[C@@H]1[C@H](O)C[C@H](c2ccncc2NC(=O)c2nc(-c3ccnnc3)ccc2N)O[C@@H]1C. The predicted molar refractivity (Wildman–Crippen MR) is 120 cm³/mol. The van der Waals surface area contributed by atoms with Gasteiger partial charge < -0.3 is 20.9 Å². The van der Waals surface area contributed by atoms with Crippen molar-refractivity contribution < 1.29 is 14.6 Å². The van der Waals surface area contributed by atoms with Gasteiger partial charge >= 0.3 is 0 Å². The summed E-state index contributed by atoms with van der Waals surface area (Å²) in [4.78, 5) is 21.7. The molecule has 1 aliphatic rings. The smallest absolute Gasteiger partial charge is 0.276 e. The maximum absolute atomic E-state index is 13.1. The molecule has 9 nitrogen and oxygen atoms in total. The standard InChI is InChI=1S/C23H26N6O3/c1-3-15-13(2)32-21(10-20(15)30)16-7-8-25-12-19(16)29-23(31)22-17(24)4-5-18(28-22)14-6-9-26-27-11-14/h4-9,11-13,15,20-21,30H,3,10,24H2,1-2H3,(H,29,31)/t13-,15+,20-,21-/m1/s1. The molecule has 0 spiro atoms. The van der Waals surface area contributed by atoms with Crippen LogP contribution in [0.3, 0.4) is 0 Å². The zero-order valence-corrected chi connectivity index (χ0v) is 18.0. The maximum atomic E-state index is 13.1. The number of aromatic nitrogens is 4. The van der Waals surface area contributed by atoms with Crippen LogP contribution in [0, 0.1) is 5.92 Å². The fourth-order valence-electron chi connectivity index (χ4n) is 4.15. The average Bonchev–Trinajstić information content (AvgIpc) is 2.80. The number of carbonyl (C=O) groups excluding carboxylic acids is 1. The fraction of sp³-hybridized carbons (Fsp3) is 0.348. The largest absolute Gasteiger partial charge is 0.397 e. The van der Waals surface area contributed by atoms with Crippen LogP contribution in [0.1, 0.15) is 48.8 Å². The number of aliphatic hydroxyl groups is 1. The molecule has 4 heterocycles. The molecule has 1 aliphatic heterocycles. The lowest BCUT2D eigenvalue weighted by molar-refractivity contribution is -0.131. The van der Waals surface area contributed by atoms with Crippen LogP contribution in [-0.4, -0.2) is 43.4 Å². The molecule has 0 saturated carbocycles. The summed E-state index contributed by atoms with van der Waals surface area (Å²) in [6.45, 7) is 4.01. The summed E-state index contributed by atoms with van der Waals surface area (Å²) < 4.78 is 6.18. The summed E-state index contributed by atoms with van der Waals surface area (Å²) >= 11 is 0. The van der Waals surface area contributed by atoms with Crippen molar-refractivity contribution in [1.29, 1.82) is 0 Å². The fourth-order valence-corrected chi connectivity index (χ4v) is 4.15. The summed E-state index contributed by atoms with van der Waals surface area (Å²) in [5, 5.41) is 21.0. The number of amides is 1. The molecule has 4 N–H and O–H groups in total. The van der Waals surface area contributed by atoms with Gasteiger partial charge in [-0.2, -0.15) is 10.2 Å². The van der Waals surface area contributed by atoms with Gasteiger partial charge in [-0.15, -0.1) is 0 Å². The van der Waals surface area contributed by atoms with Crippen LogP contribution < -0.4 is 11.1 Å². The number of hydrogen-bond donors (Lipinski definition) is 3. The lowest BCUT2D eigenvalue weighted by atomic mass is 9.85. The van der Waals surface area contributed by atoms with Gasteiger partial charge in [-0.05, 0) is 37.6 Å². The number of nitrogens with two attached hydrogens (primary N) is 1. The second kappa shape index (κ2) is 9.37. The van der Waals surface area contributed by atoms with E-state index in [0.717, 1.165) is 17.5 Å². The molecule has 3 aromatic rings. The van der Waals surface area contributed by atoms with Crippen molar-refractivity contribution in [3.63, 3.8) is 0 Å². The molecule has 0 radical (unpaired) electrons. The van der Waals surface area contributed by atoms with E-state index in [-0.39, 0.29) is 29.5 Å². The lowest BCUT2D eigenvalue weighted by Gasteiger charge is -2.38. The van der Waals surface area contributed by atoms with Crippen LogP contribution in [0.2, 0.25) is 0 Å². The van der Waals surface area contributed by atoms with Gasteiger partial charge in [0.05, 0.1) is 54.0 Å². The van der Waals surface area contributed by atoms with Crippen LogP contribution in [-0.2, 0) is 4.74 Å². The second-order valence-corrected chi connectivity index (χ2v) is 7.89. The van der Waals surface area contributed by atoms with Gasteiger partial charge in [0, 0.05) is 29.7 Å². The second-order valence-electron chi connectivity index (χ2n) is 7.89. The zero-order chi connectivity index (χ0) is 22.7. The molecule has 0 bridgehead atoms. The number of rotatable bonds is 5. The van der Waals surface area contributed by atoms with Crippen molar-refractivity contribution in [2.45, 2.75) is 45.0 Å². The van der Waals surface area contributed by atoms with Crippen molar-refractivity contribution in [1.82, 2.24) is 20.2 Å². The molecule has 4 rings (SSSR count).